The van der Waals surface area contributed by atoms with E-state index in [0.717, 1.165) is 0 Å². The quantitative estimate of drug-likeness (QED) is 0.768. The first-order valence-corrected chi connectivity index (χ1v) is 5.06. The van der Waals surface area contributed by atoms with Crippen LogP contribution >= 0.6 is 0 Å². The van der Waals surface area contributed by atoms with Crippen molar-refractivity contribution in [2.24, 2.45) is 11.3 Å². The van der Waals surface area contributed by atoms with Gasteiger partial charge >= 0.3 is 12.4 Å². The molecule has 0 fully saturated rings. The number of halogens is 6. The zero-order valence-electron chi connectivity index (χ0n) is 9.78. The maximum absolute atomic E-state index is 12.2. The van der Waals surface area contributed by atoms with Crippen molar-refractivity contribution in [2.75, 3.05) is 0 Å². The second-order valence-electron chi connectivity index (χ2n) is 5.23. The standard InChI is InChI=1S/C10H16F6O/c1-8(2,3)5-4-6(17)7(9(11,12)13)10(14,15)16/h6-7,17H,4-5H2,1-3H3. The van der Waals surface area contributed by atoms with Gasteiger partial charge in [0, 0.05) is 0 Å². The third kappa shape index (κ3) is 6.14. The topological polar surface area (TPSA) is 20.2 Å². The monoisotopic (exact) mass is 266 g/mol. The van der Waals surface area contributed by atoms with E-state index in [4.69, 9.17) is 5.11 Å². The van der Waals surface area contributed by atoms with Gasteiger partial charge in [-0.1, -0.05) is 20.8 Å². The zero-order valence-corrected chi connectivity index (χ0v) is 9.78. The van der Waals surface area contributed by atoms with E-state index in [1.165, 1.54) is 0 Å². The smallest absolute Gasteiger partial charge is 0.392 e. The Morgan fingerprint density at radius 1 is 0.882 bits per heavy atom. The molecule has 17 heavy (non-hydrogen) atoms. The molecule has 0 saturated carbocycles. The minimum atomic E-state index is -5.48. The Labute approximate surface area is 95.8 Å². The van der Waals surface area contributed by atoms with Gasteiger partial charge < -0.3 is 5.11 Å². The molecule has 1 N–H and O–H groups in total. The summed E-state index contributed by atoms with van der Waals surface area (Å²) in [6.07, 6.45) is -13.9. The van der Waals surface area contributed by atoms with E-state index in [2.05, 4.69) is 0 Å². The van der Waals surface area contributed by atoms with Crippen LogP contribution in [0.4, 0.5) is 26.3 Å². The number of rotatable bonds is 3. The van der Waals surface area contributed by atoms with Crippen molar-refractivity contribution < 1.29 is 31.4 Å². The molecule has 0 radical (unpaired) electrons. The zero-order chi connectivity index (χ0) is 14.1. The van der Waals surface area contributed by atoms with Crippen LogP contribution in [0.1, 0.15) is 33.6 Å². The first-order valence-electron chi connectivity index (χ1n) is 5.06. The molecule has 104 valence electrons. The van der Waals surface area contributed by atoms with E-state index >= 15 is 0 Å². The highest BCUT2D eigenvalue weighted by Gasteiger charge is 2.59. The normalized spacial score (nSPS) is 16.4. The van der Waals surface area contributed by atoms with Gasteiger partial charge in [0.25, 0.3) is 0 Å². The molecule has 0 aliphatic heterocycles. The Kier molecular flexibility index (Phi) is 4.90. The SMILES string of the molecule is CC(C)(C)CCC(O)C(C(F)(F)F)C(F)(F)F. The average Bonchev–Trinajstić information content (AvgIpc) is 1.93. The molecular formula is C10H16F6O. The lowest BCUT2D eigenvalue weighted by Crippen LogP contribution is -2.45. The van der Waals surface area contributed by atoms with E-state index in [1.807, 2.05) is 0 Å². The molecule has 0 bridgehead atoms. The number of hydrogen-bond acceptors (Lipinski definition) is 1. The van der Waals surface area contributed by atoms with Crippen LogP contribution in [0.2, 0.25) is 0 Å². The summed E-state index contributed by atoms with van der Waals surface area (Å²) >= 11 is 0. The van der Waals surface area contributed by atoms with Crippen LogP contribution in [0.3, 0.4) is 0 Å². The van der Waals surface area contributed by atoms with Gasteiger partial charge in [0.1, 0.15) is 0 Å². The van der Waals surface area contributed by atoms with Crippen molar-refractivity contribution in [3.63, 3.8) is 0 Å². The van der Waals surface area contributed by atoms with Gasteiger partial charge in [0.15, 0.2) is 5.92 Å². The summed E-state index contributed by atoms with van der Waals surface area (Å²) in [4.78, 5) is 0. The summed E-state index contributed by atoms with van der Waals surface area (Å²) in [5, 5.41) is 9.10. The van der Waals surface area contributed by atoms with Crippen molar-refractivity contribution in [3.05, 3.63) is 0 Å². The van der Waals surface area contributed by atoms with E-state index in [1.54, 1.807) is 20.8 Å². The Morgan fingerprint density at radius 2 is 1.24 bits per heavy atom. The van der Waals surface area contributed by atoms with Crippen LogP contribution in [-0.4, -0.2) is 23.6 Å². The van der Waals surface area contributed by atoms with E-state index in [0.29, 0.717) is 0 Å². The first-order chi connectivity index (χ1) is 7.25. The average molecular weight is 266 g/mol. The Morgan fingerprint density at radius 3 is 1.47 bits per heavy atom. The van der Waals surface area contributed by atoms with Gasteiger partial charge in [-0.3, -0.25) is 0 Å². The number of aliphatic hydroxyl groups excluding tert-OH is 1. The van der Waals surface area contributed by atoms with Gasteiger partial charge in [-0.05, 0) is 18.3 Å². The molecule has 0 rings (SSSR count). The van der Waals surface area contributed by atoms with Gasteiger partial charge in [0.05, 0.1) is 6.10 Å². The third-order valence-corrected chi connectivity index (χ3v) is 2.28. The maximum atomic E-state index is 12.2. The summed E-state index contributed by atoms with van der Waals surface area (Å²) in [7, 11) is 0. The lowest BCUT2D eigenvalue weighted by Gasteiger charge is -2.29. The molecule has 1 unspecified atom stereocenters. The van der Waals surface area contributed by atoms with Gasteiger partial charge in [0.2, 0.25) is 0 Å². The number of alkyl halides is 6. The molecule has 0 aliphatic carbocycles. The third-order valence-electron chi connectivity index (χ3n) is 2.28. The number of hydrogen-bond donors (Lipinski definition) is 1. The molecule has 0 aromatic rings. The minimum absolute atomic E-state index is 0.0802. The predicted molar refractivity (Wildman–Crippen MR) is 50.3 cm³/mol. The lowest BCUT2D eigenvalue weighted by molar-refractivity contribution is -0.306. The van der Waals surface area contributed by atoms with E-state index in [9.17, 15) is 26.3 Å². The highest BCUT2D eigenvalue weighted by molar-refractivity contribution is 4.83. The van der Waals surface area contributed by atoms with Gasteiger partial charge in [-0.25, -0.2) is 0 Å². The van der Waals surface area contributed by atoms with Crippen molar-refractivity contribution in [1.82, 2.24) is 0 Å². The summed E-state index contributed by atoms with van der Waals surface area (Å²) in [5.41, 5.74) is -0.428. The van der Waals surface area contributed by atoms with Crippen LogP contribution in [0.5, 0.6) is 0 Å². The van der Waals surface area contributed by atoms with Crippen molar-refractivity contribution in [1.29, 1.82) is 0 Å². The molecule has 0 aromatic heterocycles. The van der Waals surface area contributed by atoms with Crippen LogP contribution in [0, 0.1) is 11.3 Å². The fraction of sp³-hybridized carbons (Fsp3) is 1.00. The minimum Gasteiger partial charge on any atom is -0.392 e. The molecule has 0 spiro atoms. The summed E-state index contributed by atoms with van der Waals surface area (Å²) < 4.78 is 73.2. The molecule has 1 nitrogen and oxygen atoms in total. The second kappa shape index (κ2) is 5.04. The van der Waals surface area contributed by atoms with Gasteiger partial charge in [-0.15, -0.1) is 0 Å². The Bertz CT molecular complexity index is 223. The fourth-order valence-corrected chi connectivity index (χ4v) is 1.37. The fourth-order valence-electron chi connectivity index (χ4n) is 1.37. The molecule has 7 heteroatoms. The summed E-state index contributed by atoms with van der Waals surface area (Å²) in [5.74, 6) is -3.67. The van der Waals surface area contributed by atoms with Crippen LogP contribution in [-0.2, 0) is 0 Å². The summed E-state index contributed by atoms with van der Waals surface area (Å²) in [6, 6.07) is 0. The predicted octanol–water partition coefficient (Wildman–Crippen LogP) is 3.91. The first kappa shape index (κ1) is 16.5. The van der Waals surface area contributed by atoms with Gasteiger partial charge in [-0.2, -0.15) is 26.3 Å². The van der Waals surface area contributed by atoms with E-state index in [-0.39, 0.29) is 6.42 Å². The second-order valence-corrected chi connectivity index (χ2v) is 5.23. The Balaban J connectivity index is 4.74. The lowest BCUT2D eigenvalue weighted by atomic mass is 9.86. The molecule has 0 amide bonds. The number of aliphatic hydroxyl groups is 1. The largest absolute Gasteiger partial charge is 0.403 e. The molecule has 0 aromatic carbocycles. The maximum Gasteiger partial charge on any atom is 0.403 e. The van der Waals surface area contributed by atoms with Crippen LogP contribution in [0.25, 0.3) is 0 Å². The molecule has 0 saturated heterocycles. The van der Waals surface area contributed by atoms with E-state index < -0.39 is 36.2 Å². The van der Waals surface area contributed by atoms with Crippen LogP contribution in [0.15, 0.2) is 0 Å². The highest BCUT2D eigenvalue weighted by Crippen LogP contribution is 2.43. The van der Waals surface area contributed by atoms with Crippen molar-refractivity contribution in [3.8, 4) is 0 Å². The van der Waals surface area contributed by atoms with Crippen molar-refractivity contribution in [2.45, 2.75) is 52.1 Å². The molecular weight excluding hydrogens is 250 g/mol. The Hall–Kier alpha value is -0.460. The highest BCUT2D eigenvalue weighted by atomic mass is 19.4. The molecule has 1 atom stereocenters. The van der Waals surface area contributed by atoms with Crippen molar-refractivity contribution >= 4 is 0 Å². The summed E-state index contributed by atoms with van der Waals surface area (Å²) in [6.45, 7) is 5.03. The molecule has 0 heterocycles. The molecule has 0 aliphatic rings. The van der Waals surface area contributed by atoms with Crippen LogP contribution < -0.4 is 0 Å².